The number of aldehydes is 1. The molecule has 18 heavy (non-hydrogen) atoms. The van der Waals surface area contributed by atoms with Gasteiger partial charge in [0.05, 0.1) is 6.10 Å². The fraction of sp³-hybridized carbons (Fsp3) is 0.267. The van der Waals surface area contributed by atoms with Crippen LogP contribution in [-0.4, -0.2) is 12.9 Å². The molecule has 1 unspecified atom stereocenters. The van der Waals surface area contributed by atoms with E-state index < -0.39 is 0 Å². The van der Waals surface area contributed by atoms with E-state index in [2.05, 4.69) is 6.07 Å². The highest BCUT2D eigenvalue weighted by Gasteiger charge is 2.21. The van der Waals surface area contributed by atoms with E-state index in [1.807, 2.05) is 24.3 Å². The van der Waals surface area contributed by atoms with E-state index in [9.17, 15) is 4.79 Å². The number of benzene rings is 1. The Morgan fingerprint density at radius 3 is 2.78 bits per heavy atom. The fourth-order valence-electron chi connectivity index (χ4n) is 2.39. The molecule has 3 heteroatoms. The van der Waals surface area contributed by atoms with Gasteiger partial charge < -0.3 is 9.15 Å². The Bertz CT molecular complexity index is 550. The van der Waals surface area contributed by atoms with Gasteiger partial charge in [0.1, 0.15) is 5.76 Å². The van der Waals surface area contributed by atoms with Crippen LogP contribution < -0.4 is 0 Å². The van der Waals surface area contributed by atoms with Crippen LogP contribution in [0.15, 0.2) is 40.8 Å². The van der Waals surface area contributed by atoms with E-state index in [-0.39, 0.29) is 6.10 Å². The summed E-state index contributed by atoms with van der Waals surface area (Å²) in [6.07, 6.45) is 3.00. The first kappa shape index (κ1) is 11.2. The van der Waals surface area contributed by atoms with E-state index >= 15 is 0 Å². The lowest BCUT2D eigenvalue weighted by atomic mass is 9.99. The molecule has 0 bridgehead atoms. The first-order chi connectivity index (χ1) is 8.88. The predicted molar refractivity (Wildman–Crippen MR) is 67.5 cm³/mol. The summed E-state index contributed by atoms with van der Waals surface area (Å²) in [6.45, 7) is 0.816. The van der Waals surface area contributed by atoms with Gasteiger partial charge >= 0.3 is 0 Å². The van der Waals surface area contributed by atoms with Crippen molar-refractivity contribution in [2.24, 2.45) is 0 Å². The van der Waals surface area contributed by atoms with Crippen molar-refractivity contribution in [3.63, 3.8) is 0 Å². The average molecular weight is 242 g/mol. The third-order valence-electron chi connectivity index (χ3n) is 3.25. The van der Waals surface area contributed by atoms with Crippen LogP contribution in [0.4, 0.5) is 0 Å². The highest BCUT2D eigenvalue weighted by Crippen LogP contribution is 2.35. The summed E-state index contributed by atoms with van der Waals surface area (Å²) in [5.74, 6) is 1.08. The first-order valence-electron chi connectivity index (χ1n) is 6.14. The normalized spacial score (nSPS) is 19.0. The second-order valence-electron chi connectivity index (χ2n) is 4.41. The highest BCUT2D eigenvalue weighted by molar-refractivity contribution is 5.73. The summed E-state index contributed by atoms with van der Waals surface area (Å²) < 4.78 is 11.2. The monoisotopic (exact) mass is 242 g/mol. The summed E-state index contributed by atoms with van der Waals surface area (Å²) in [4.78, 5) is 10.7. The maximum absolute atomic E-state index is 10.7. The Morgan fingerprint density at radius 2 is 2.06 bits per heavy atom. The molecule has 1 aliphatic rings. The number of ether oxygens (including phenoxy) is 1. The van der Waals surface area contributed by atoms with Crippen LogP contribution in [0, 0.1) is 0 Å². The van der Waals surface area contributed by atoms with Crippen molar-refractivity contribution in [3.05, 3.63) is 47.7 Å². The molecule has 0 radical (unpaired) electrons. The zero-order valence-electron chi connectivity index (χ0n) is 9.96. The highest BCUT2D eigenvalue weighted by atomic mass is 16.5. The topological polar surface area (TPSA) is 39.4 Å². The van der Waals surface area contributed by atoms with Crippen LogP contribution in [0.2, 0.25) is 0 Å². The summed E-state index contributed by atoms with van der Waals surface area (Å²) in [5, 5.41) is 0. The average Bonchev–Trinajstić information content (AvgIpc) is 3.10. The van der Waals surface area contributed by atoms with Crippen molar-refractivity contribution in [2.45, 2.75) is 18.9 Å². The molecule has 3 nitrogen and oxygen atoms in total. The van der Waals surface area contributed by atoms with Gasteiger partial charge in [0.25, 0.3) is 0 Å². The number of furan rings is 1. The second kappa shape index (κ2) is 4.78. The van der Waals surface area contributed by atoms with Crippen molar-refractivity contribution in [2.75, 3.05) is 6.61 Å². The van der Waals surface area contributed by atoms with Gasteiger partial charge in [0, 0.05) is 12.2 Å². The maximum Gasteiger partial charge on any atom is 0.185 e. The van der Waals surface area contributed by atoms with Gasteiger partial charge in [-0.15, -0.1) is 0 Å². The molecule has 1 fully saturated rings. The summed E-state index contributed by atoms with van der Waals surface area (Å²) in [5.41, 5.74) is 2.15. The van der Waals surface area contributed by atoms with Crippen LogP contribution in [0.1, 0.15) is 35.1 Å². The number of carbonyl (C=O) groups is 1. The Hall–Kier alpha value is -1.87. The fourth-order valence-corrected chi connectivity index (χ4v) is 2.39. The molecule has 1 atom stereocenters. The zero-order valence-corrected chi connectivity index (χ0v) is 9.96. The summed E-state index contributed by atoms with van der Waals surface area (Å²) in [7, 11) is 0. The van der Waals surface area contributed by atoms with Gasteiger partial charge in [-0.3, -0.25) is 4.79 Å². The third-order valence-corrected chi connectivity index (χ3v) is 3.25. The molecule has 1 aliphatic heterocycles. The second-order valence-corrected chi connectivity index (χ2v) is 4.41. The number of rotatable bonds is 3. The van der Waals surface area contributed by atoms with Gasteiger partial charge in [-0.25, -0.2) is 0 Å². The number of hydrogen-bond acceptors (Lipinski definition) is 3. The lowest BCUT2D eigenvalue weighted by molar-refractivity contribution is 0.110. The molecule has 0 saturated carbocycles. The number of hydrogen-bond donors (Lipinski definition) is 0. The van der Waals surface area contributed by atoms with Crippen molar-refractivity contribution >= 4 is 6.29 Å². The smallest absolute Gasteiger partial charge is 0.185 e. The molecular weight excluding hydrogens is 228 g/mol. The quantitative estimate of drug-likeness (QED) is 0.772. The molecule has 3 rings (SSSR count). The first-order valence-corrected chi connectivity index (χ1v) is 6.14. The maximum atomic E-state index is 10.7. The van der Waals surface area contributed by atoms with E-state index in [4.69, 9.17) is 9.15 Å². The minimum atomic E-state index is 0.144. The Balaban J connectivity index is 2.02. The summed E-state index contributed by atoms with van der Waals surface area (Å²) >= 11 is 0. The Labute approximate surface area is 105 Å². The van der Waals surface area contributed by atoms with Crippen LogP contribution in [0.5, 0.6) is 0 Å². The Kier molecular flexibility index (Phi) is 2.99. The van der Waals surface area contributed by atoms with Crippen LogP contribution >= 0.6 is 0 Å². The van der Waals surface area contributed by atoms with Crippen molar-refractivity contribution < 1.29 is 13.9 Å². The third kappa shape index (κ3) is 1.97. The molecule has 1 aromatic heterocycles. The van der Waals surface area contributed by atoms with E-state index in [1.165, 1.54) is 0 Å². The molecule has 2 heterocycles. The van der Waals surface area contributed by atoms with Gasteiger partial charge in [-0.2, -0.15) is 0 Å². The predicted octanol–water partition coefficient (Wildman–Crippen LogP) is 3.61. The standard InChI is InChI=1S/C15H14O3/c16-10-11-7-8-15(18-11)13-5-2-1-4-12(13)14-6-3-9-17-14/h1-2,4-5,7-8,10,14H,3,6,9H2. The van der Waals surface area contributed by atoms with Crippen LogP contribution in [0.3, 0.4) is 0 Å². The van der Waals surface area contributed by atoms with Crippen molar-refractivity contribution in [1.82, 2.24) is 0 Å². The van der Waals surface area contributed by atoms with E-state index in [1.54, 1.807) is 6.07 Å². The largest absolute Gasteiger partial charge is 0.453 e. The number of carbonyl (C=O) groups excluding carboxylic acids is 1. The van der Waals surface area contributed by atoms with E-state index in [0.29, 0.717) is 5.76 Å². The minimum Gasteiger partial charge on any atom is -0.453 e. The Morgan fingerprint density at radius 1 is 1.17 bits per heavy atom. The molecule has 1 saturated heterocycles. The summed E-state index contributed by atoms with van der Waals surface area (Å²) in [6, 6.07) is 11.6. The van der Waals surface area contributed by atoms with Crippen LogP contribution in [0.25, 0.3) is 11.3 Å². The van der Waals surface area contributed by atoms with Gasteiger partial charge in [-0.05, 0) is 30.5 Å². The molecule has 0 N–H and O–H groups in total. The molecule has 1 aromatic carbocycles. The molecule has 0 amide bonds. The minimum absolute atomic E-state index is 0.144. The lowest BCUT2D eigenvalue weighted by Gasteiger charge is -2.13. The van der Waals surface area contributed by atoms with Crippen molar-refractivity contribution in [1.29, 1.82) is 0 Å². The van der Waals surface area contributed by atoms with Crippen molar-refractivity contribution in [3.8, 4) is 11.3 Å². The van der Waals surface area contributed by atoms with Gasteiger partial charge in [-0.1, -0.05) is 24.3 Å². The molecule has 2 aromatic rings. The van der Waals surface area contributed by atoms with Crippen LogP contribution in [-0.2, 0) is 4.74 Å². The molecule has 0 aliphatic carbocycles. The molecular formula is C15H14O3. The van der Waals surface area contributed by atoms with Gasteiger partial charge in [0.15, 0.2) is 12.0 Å². The van der Waals surface area contributed by atoms with E-state index in [0.717, 1.165) is 42.6 Å². The van der Waals surface area contributed by atoms with Gasteiger partial charge in [0.2, 0.25) is 0 Å². The molecule has 0 spiro atoms. The zero-order chi connectivity index (χ0) is 12.4. The molecule has 92 valence electrons. The SMILES string of the molecule is O=Cc1ccc(-c2ccccc2C2CCCO2)o1. The lowest BCUT2D eigenvalue weighted by Crippen LogP contribution is -1.97.